The van der Waals surface area contributed by atoms with Crippen LogP contribution in [0.1, 0.15) is 71.1 Å². The van der Waals surface area contributed by atoms with Crippen molar-refractivity contribution in [3.05, 3.63) is 18.7 Å². The molecule has 0 saturated heterocycles. The quantitative estimate of drug-likeness (QED) is 0.414. The summed E-state index contributed by atoms with van der Waals surface area (Å²) in [5.41, 5.74) is 0. The van der Waals surface area contributed by atoms with Crippen molar-refractivity contribution in [2.75, 3.05) is 0 Å². The summed E-state index contributed by atoms with van der Waals surface area (Å²) < 4.78 is 4.46. The molecule has 0 N–H and O–H groups in total. The smallest absolute Gasteiger partial charge is 0.243 e. The minimum absolute atomic E-state index is 0.220. The first-order chi connectivity index (χ1) is 10.2. The van der Waals surface area contributed by atoms with E-state index in [-0.39, 0.29) is 6.42 Å². The number of carbonyl (C=O) groups is 1. The molecular weight excluding hydrogens is 264 g/mol. The van der Waals surface area contributed by atoms with Gasteiger partial charge in [-0.1, -0.05) is 38.5 Å². The summed E-state index contributed by atoms with van der Waals surface area (Å²) in [5, 5.41) is 10.2. The van der Waals surface area contributed by atoms with Crippen LogP contribution in [0.3, 0.4) is 0 Å². The second kappa shape index (κ2) is 11.4. The first-order valence-corrected chi connectivity index (χ1v) is 8.47. The normalized spacial score (nSPS) is 10.9. The molecule has 0 aliphatic carbocycles. The van der Waals surface area contributed by atoms with Crippen molar-refractivity contribution in [1.82, 2.24) is 4.57 Å². The van der Waals surface area contributed by atoms with Crippen LogP contribution in [0.4, 0.5) is 0 Å². The van der Waals surface area contributed by atoms with Crippen LogP contribution >= 0.6 is 0 Å². The average molecular weight is 294 g/mol. The molecule has 21 heavy (non-hydrogen) atoms. The van der Waals surface area contributed by atoms with Gasteiger partial charge in [0.25, 0.3) is 0 Å². The standard InChI is InChI=1S/C17H30N2O2/c1-2-18-14-15-19(16-18)13-11-9-7-5-3-4-6-8-10-12-17(20)21/h14-16H,2-13H2,1H3. The van der Waals surface area contributed by atoms with Gasteiger partial charge in [-0.2, -0.15) is 0 Å². The maximum Gasteiger partial charge on any atom is 0.243 e. The van der Waals surface area contributed by atoms with E-state index in [0.717, 1.165) is 32.4 Å². The van der Waals surface area contributed by atoms with E-state index in [1.54, 1.807) is 0 Å². The minimum atomic E-state index is -0.915. The van der Waals surface area contributed by atoms with Crippen molar-refractivity contribution in [3.63, 3.8) is 0 Å². The van der Waals surface area contributed by atoms with Crippen molar-refractivity contribution >= 4 is 5.97 Å². The van der Waals surface area contributed by atoms with E-state index in [1.807, 2.05) is 0 Å². The Labute approximate surface area is 128 Å². The highest BCUT2D eigenvalue weighted by molar-refractivity contribution is 5.63. The number of carboxylic acids is 1. The summed E-state index contributed by atoms with van der Waals surface area (Å²) in [6.07, 6.45) is 17.3. The maximum absolute atomic E-state index is 10.2. The summed E-state index contributed by atoms with van der Waals surface area (Å²) >= 11 is 0. The fourth-order valence-corrected chi connectivity index (χ4v) is 2.56. The Morgan fingerprint density at radius 2 is 1.57 bits per heavy atom. The lowest BCUT2D eigenvalue weighted by atomic mass is 10.1. The Kier molecular flexibility index (Phi) is 9.58. The molecule has 1 aromatic rings. The van der Waals surface area contributed by atoms with Crippen LogP contribution in [0.2, 0.25) is 0 Å². The molecule has 0 aliphatic rings. The number of hydrogen-bond acceptors (Lipinski definition) is 2. The van der Waals surface area contributed by atoms with E-state index in [1.165, 1.54) is 38.5 Å². The van der Waals surface area contributed by atoms with Gasteiger partial charge in [-0.3, -0.25) is 0 Å². The summed E-state index contributed by atoms with van der Waals surface area (Å²) in [5.74, 6) is -0.915. The summed E-state index contributed by atoms with van der Waals surface area (Å²) in [6, 6.07) is 0. The average Bonchev–Trinajstić information content (AvgIpc) is 2.92. The highest BCUT2D eigenvalue weighted by Crippen LogP contribution is 2.10. The van der Waals surface area contributed by atoms with Crippen LogP contribution in [-0.2, 0) is 17.9 Å². The van der Waals surface area contributed by atoms with Gasteiger partial charge in [0, 0.05) is 5.97 Å². The minimum Gasteiger partial charge on any atom is -0.550 e. The molecule has 4 heteroatoms. The van der Waals surface area contributed by atoms with Crippen molar-refractivity contribution in [2.45, 2.75) is 84.2 Å². The van der Waals surface area contributed by atoms with Gasteiger partial charge in [0.05, 0.1) is 13.1 Å². The van der Waals surface area contributed by atoms with Gasteiger partial charge in [0.1, 0.15) is 12.4 Å². The number of unbranched alkanes of at least 4 members (excludes halogenated alkanes) is 8. The number of rotatable bonds is 13. The van der Waals surface area contributed by atoms with Crippen LogP contribution in [-0.4, -0.2) is 10.5 Å². The number of aliphatic carboxylic acids is 1. The van der Waals surface area contributed by atoms with E-state index in [4.69, 9.17) is 0 Å². The van der Waals surface area contributed by atoms with Crippen LogP contribution in [0.15, 0.2) is 18.7 Å². The molecule has 0 bridgehead atoms. The Bertz CT molecular complexity index is 388. The first-order valence-electron chi connectivity index (χ1n) is 8.47. The van der Waals surface area contributed by atoms with Crippen LogP contribution in [0, 0.1) is 0 Å². The summed E-state index contributed by atoms with van der Waals surface area (Å²) in [7, 11) is 0. The zero-order chi connectivity index (χ0) is 15.3. The van der Waals surface area contributed by atoms with E-state index in [0.29, 0.717) is 0 Å². The zero-order valence-electron chi connectivity index (χ0n) is 13.4. The van der Waals surface area contributed by atoms with Gasteiger partial charge in [-0.25, -0.2) is 9.13 Å². The third-order valence-electron chi connectivity index (χ3n) is 3.91. The van der Waals surface area contributed by atoms with E-state index in [2.05, 4.69) is 34.8 Å². The molecule has 0 radical (unpaired) electrons. The molecule has 1 aromatic heterocycles. The largest absolute Gasteiger partial charge is 0.550 e. The van der Waals surface area contributed by atoms with Crippen molar-refractivity contribution in [1.29, 1.82) is 0 Å². The fourth-order valence-electron chi connectivity index (χ4n) is 2.56. The molecule has 1 rings (SSSR count). The van der Waals surface area contributed by atoms with Gasteiger partial charge in [0.2, 0.25) is 6.33 Å². The fraction of sp³-hybridized carbons (Fsp3) is 0.765. The molecular formula is C17H30N2O2. The Morgan fingerprint density at radius 1 is 1.00 bits per heavy atom. The molecule has 0 spiro atoms. The van der Waals surface area contributed by atoms with Crippen LogP contribution in [0.5, 0.6) is 0 Å². The highest BCUT2D eigenvalue weighted by Gasteiger charge is 2.01. The Balaban J connectivity index is 1.83. The van der Waals surface area contributed by atoms with Crippen LogP contribution in [0.25, 0.3) is 0 Å². The molecule has 0 fully saturated rings. The first kappa shape index (κ1) is 17.7. The third-order valence-corrected chi connectivity index (χ3v) is 3.91. The van der Waals surface area contributed by atoms with Crippen molar-refractivity contribution < 1.29 is 14.5 Å². The monoisotopic (exact) mass is 294 g/mol. The second-order valence-corrected chi connectivity index (χ2v) is 5.79. The lowest BCUT2D eigenvalue weighted by molar-refractivity contribution is -0.696. The molecule has 120 valence electrons. The molecule has 0 amide bonds. The number of aryl methyl sites for hydroxylation is 2. The second-order valence-electron chi connectivity index (χ2n) is 5.79. The topological polar surface area (TPSA) is 48.9 Å². The lowest BCUT2D eigenvalue weighted by Crippen LogP contribution is -2.30. The highest BCUT2D eigenvalue weighted by atomic mass is 16.4. The lowest BCUT2D eigenvalue weighted by Gasteiger charge is -2.03. The van der Waals surface area contributed by atoms with Gasteiger partial charge in [0.15, 0.2) is 0 Å². The SMILES string of the molecule is CCn1cc[n+](CCCCCCCCCCCC(=O)[O-])c1. The Hall–Kier alpha value is -1.32. The molecule has 0 aliphatic heterocycles. The van der Waals surface area contributed by atoms with Gasteiger partial charge in [-0.15, -0.1) is 0 Å². The van der Waals surface area contributed by atoms with E-state index >= 15 is 0 Å². The number of aromatic nitrogens is 2. The van der Waals surface area contributed by atoms with Gasteiger partial charge < -0.3 is 9.90 Å². The van der Waals surface area contributed by atoms with Crippen LogP contribution < -0.4 is 9.67 Å². The predicted octanol–water partition coefficient (Wildman–Crippen LogP) is 2.45. The molecule has 0 atom stereocenters. The Morgan fingerprint density at radius 3 is 2.10 bits per heavy atom. The van der Waals surface area contributed by atoms with Crippen molar-refractivity contribution in [2.24, 2.45) is 0 Å². The zero-order valence-corrected chi connectivity index (χ0v) is 13.4. The van der Waals surface area contributed by atoms with E-state index < -0.39 is 5.97 Å². The number of hydrogen-bond donors (Lipinski definition) is 0. The number of carboxylic acid groups (broad SMARTS) is 1. The number of nitrogens with zero attached hydrogens (tertiary/aromatic N) is 2. The molecule has 0 saturated carbocycles. The third kappa shape index (κ3) is 9.27. The van der Waals surface area contributed by atoms with Gasteiger partial charge >= 0.3 is 0 Å². The van der Waals surface area contributed by atoms with E-state index in [9.17, 15) is 9.90 Å². The van der Waals surface area contributed by atoms with Crippen molar-refractivity contribution in [3.8, 4) is 0 Å². The maximum atomic E-state index is 10.2. The number of carbonyl (C=O) groups excluding carboxylic acids is 1. The molecule has 0 aromatic carbocycles. The molecule has 4 nitrogen and oxygen atoms in total. The predicted molar refractivity (Wildman–Crippen MR) is 81.5 cm³/mol. The number of imidazole rings is 1. The summed E-state index contributed by atoms with van der Waals surface area (Å²) in [6.45, 7) is 4.31. The molecule has 1 heterocycles. The molecule has 0 unspecified atom stereocenters. The van der Waals surface area contributed by atoms with Gasteiger partial charge in [-0.05, 0) is 32.6 Å². The summed E-state index contributed by atoms with van der Waals surface area (Å²) in [4.78, 5) is 10.2.